The third kappa shape index (κ3) is 13.4. The van der Waals surface area contributed by atoms with Crippen LogP contribution in [0.2, 0.25) is 18.1 Å². The number of nitriles is 1. The predicted molar refractivity (Wildman–Crippen MR) is 274 cm³/mol. The zero-order chi connectivity index (χ0) is 49.3. The van der Waals surface area contributed by atoms with Crippen LogP contribution in [0.1, 0.15) is 104 Å². The maximum Gasteiger partial charge on any atom is 0.330 e. The van der Waals surface area contributed by atoms with Crippen molar-refractivity contribution < 1.29 is 32.4 Å². The molecule has 1 N–H and O–H groups in total. The van der Waals surface area contributed by atoms with Gasteiger partial charge in [-0.25, -0.2) is 9.46 Å². The molecule has 67 heavy (non-hydrogen) atoms. The fraction of sp³-hybridized carbons (Fsp3) is 0.540. The molecule has 5 rings (SSSR count). The van der Waals surface area contributed by atoms with Crippen LogP contribution in [0.15, 0.2) is 94.6 Å². The van der Waals surface area contributed by atoms with E-state index in [4.69, 9.17) is 32.4 Å². The lowest BCUT2D eigenvalue weighted by Crippen LogP contribution is -2.51. The van der Waals surface area contributed by atoms with Crippen LogP contribution in [0, 0.1) is 11.3 Å². The number of benzene rings is 3. The number of aromatic nitrogens is 2. The maximum absolute atomic E-state index is 14.2. The smallest absolute Gasteiger partial charge is 0.330 e. The lowest BCUT2D eigenvalue weighted by molar-refractivity contribution is -0.0943. The third-order valence-electron chi connectivity index (χ3n) is 11.9. The van der Waals surface area contributed by atoms with Gasteiger partial charge in [-0.15, -0.1) is 0 Å². The fourth-order valence-corrected chi connectivity index (χ4v) is 13.0. The van der Waals surface area contributed by atoms with Gasteiger partial charge in [0.25, 0.3) is 14.1 Å². The van der Waals surface area contributed by atoms with Crippen molar-refractivity contribution in [2.75, 3.05) is 27.4 Å². The summed E-state index contributed by atoms with van der Waals surface area (Å²) < 4.78 is 50.8. The van der Waals surface area contributed by atoms with E-state index in [1.54, 1.807) is 42.0 Å². The van der Waals surface area contributed by atoms with Crippen molar-refractivity contribution in [2.24, 2.45) is 0 Å². The second-order valence-corrected chi connectivity index (χ2v) is 28.9. The van der Waals surface area contributed by atoms with E-state index in [0.717, 1.165) is 16.7 Å². The Labute approximate surface area is 408 Å². The van der Waals surface area contributed by atoms with Crippen LogP contribution in [0.5, 0.6) is 11.5 Å². The molecule has 1 aromatic heterocycles. The molecule has 1 unspecified atom stereocenters. The molecule has 1 saturated heterocycles. The first-order chi connectivity index (χ1) is 31.6. The molecule has 0 bridgehead atoms. The van der Waals surface area contributed by atoms with E-state index in [-0.39, 0.29) is 41.5 Å². The Morgan fingerprint density at radius 3 is 1.90 bits per heavy atom. The van der Waals surface area contributed by atoms with E-state index in [1.807, 2.05) is 78.9 Å². The first-order valence-electron chi connectivity index (χ1n) is 22.8. The molecule has 13 nitrogen and oxygen atoms in total. The Kier molecular flexibility index (Phi) is 19.1. The molecule has 3 aromatic carbocycles. The van der Waals surface area contributed by atoms with Crippen molar-refractivity contribution in [3.05, 3.63) is 128 Å². The van der Waals surface area contributed by atoms with Crippen LogP contribution in [0.3, 0.4) is 0 Å². The van der Waals surface area contributed by atoms with Gasteiger partial charge in [-0.3, -0.25) is 14.3 Å². The molecule has 0 aliphatic carbocycles. The predicted octanol–water partition coefficient (Wildman–Crippen LogP) is 11.2. The van der Waals surface area contributed by atoms with Gasteiger partial charge >= 0.3 is 5.69 Å². The van der Waals surface area contributed by atoms with Crippen LogP contribution in [0.4, 0.5) is 0 Å². The summed E-state index contributed by atoms with van der Waals surface area (Å²) in [4.78, 5) is 30.2. The van der Waals surface area contributed by atoms with Crippen LogP contribution in [-0.2, 0) is 34.3 Å². The van der Waals surface area contributed by atoms with Crippen molar-refractivity contribution in [3.63, 3.8) is 0 Å². The summed E-state index contributed by atoms with van der Waals surface area (Å²) in [5, 5.41) is 9.35. The first-order valence-corrected chi connectivity index (χ1v) is 29.1. The molecule has 0 saturated carbocycles. The van der Waals surface area contributed by atoms with Crippen molar-refractivity contribution in [2.45, 2.75) is 147 Å². The van der Waals surface area contributed by atoms with Crippen LogP contribution in [-0.4, -0.2) is 85.1 Å². The number of hydrogen-bond donors (Lipinski definition) is 1. The number of nitrogens with one attached hydrogen (secondary N) is 1. The largest absolute Gasteiger partial charge is 0.497 e. The number of hydrogen-bond acceptors (Lipinski definition) is 13. The Morgan fingerprint density at radius 2 is 1.40 bits per heavy atom. The number of nitrogens with zero attached hydrogens (tertiary/aromatic N) is 3. The van der Waals surface area contributed by atoms with Gasteiger partial charge in [-0.05, 0) is 86.8 Å². The number of aromatic amines is 1. The zero-order valence-electron chi connectivity index (χ0n) is 41.7. The molecule has 1 fully saturated rings. The summed E-state index contributed by atoms with van der Waals surface area (Å²) in [6.07, 6.45) is -1.95. The van der Waals surface area contributed by atoms with Crippen molar-refractivity contribution in [3.8, 4) is 17.6 Å². The number of H-pyrrole nitrogens is 1. The molecule has 5 atom stereocenters. The minimum absolute atomic E-state index is 0.00973. The van der Waals surface area contributed by atoms with Gasteiger partial charge < -0.3 is 32.4 Å². The highest BCUT2D eigenvalue weighted by atomic mass is 33.1. The highest BCUT2D eigenvalue weighted by Crippen LogP contribution is 2.52. The summed E-state index contributed by atoms with van der Waals surface area (Å²) in [6, 6.07) is 27.8. The zero-order valence-corrected chi connectivity index (χ0v) is 45.2. The second-order valence-electron chi connectivity index (χ2n) is 19.6. The van der Waals surface area contributed by atoms with Gasteiger partial charge in [0.05, 0.1) is 39.9 Å². The van der Waals surface area contributed by atoms with E-state index in [1.165, 1.54) is 4.57 Å². The van der Waals surface area contributed by atoms with Crippen molar-refractivity contribution >= 4 is 38.4 Å². The van der Waals surface area contributed by atoms with Gasteiger partial charge in [-0.1, -0.05) is 118 Å². The van der Waals surface area contributed by atoms with E-state index in [9.17, 15) is 14.9 Å². The molecule has 4 aromatic rings. The maximum atomic E-state index is 14.2. The average molecular weight is 995 g/mol. The number of methoxy groups -OCH3 is 2. The Morgan fingerprint density at radius 1 is 0.851 bits per heavy atom. The molecule has 0 amide bonds. The van der Waals surface area contributed by atoms with E-state index in [2.05, 4.69) is 98.1 Å². The van der Waals surface area contributed by atoms with Gasteiger partial charge in [-0.2, -0.15) is 5.26 Å². The minimum Gasteiger partial charge on any atom is -0.497 e. The topological polar surface area (TPSA) is 147 Å². The van der Waals surface area contributed by atoms with Crippen LogP contribution >= 0.6 is 30.1 Å². The Hall–Kier alpha value is -3.46. The van der Waals surface area contributed by atoms with Gasteiger partial charge in [0.1, 0.15) is 35.4 Å². The molecule has 1 aliphatic rings. The second kappa shape index (κ2) is 23.4. The van der Waals surface area contributed by atoms with Crippen molar-refractivity contribution in [1.82, 2.24) is 14.2 Å². The minimum atomic E-state index is -2.70. The van der Waals surface area contributed by atoms with E-state index < -0.39 is 58.2 Å². The van der Waals surface area contributed by atoms with Gasteiger partial charge in [0, 0.05) is 34.3 Å². The van der Waals surface area contributed by atoms with Gasteiger partial charge in [0.15, 0.2) is 14.5 Å². The Balaban J connectivity index is 1.76. The van der Waals surface area contributed by atoms with E-state index in [0.29, 0.717) is 22.8 Å². The summed E-state index contributed by atoms with van der Waals surface area (Å²) in [6.45, 7) is 25.5. The molecule has 0 radical (unpaired) electrons. The van der Waals surface area contributed by atoms with Gasteiger partial charge in [0.2, 0.25) is 0 Å². The number of ether oxygens (including phenoxy) is 4. The molecular formula is C50H71N4O9PS2Si. The Bertz CT molecular complexity index is 2290. The lowest BCUT2D eigenvalue weighted by atomic mass is 9.80. The highest BCUT2D eigenvalue weighted by molar-refractivity contribution is 8.76. The molecular weight excluding hydrogens is 924 g/mol. The molecule has 1 aliphatic heterocycles. The van der Waals surface area contributed by atoms with E-state index >= 15 is 0 Å². The fourth-order valence-electron chi connectivity index (χ4n) is 7.60. The average Bonchev–Trinajstić information content (AvgIpc) is 3.59. The monoisotopic (exact) mass is 994 g/mol. The number of rotatable bonds is 22. The standard InChI is InChI=1S/C50H71N4O9PS2Si/c1-34(2)54(35(3)4)64(60-30-18-29-51)62-43-42(32-59-50(37-19-16-15-17-20-37,38-21-25-40(57-11)26-22-38)39-23-27-41(58-12)28-24-39)61-46(44(43)63-67(13,14)49(8,9)10)53-31-36(45(55)52-47(53)56)33-65-66-48(5,6)7/h15-17,19-28,31,34-35,42-44,46H,18,30,32-33H2,1-14H3,(H,52,55,56)/t42-,43-,44-,46-,64?/m1/s1. The summed E-state index contributed by atoms with van der Waals surface area (Å²) in [5.74, 6) is 1.73. The lowest BCUT2D eigenvalue weighted by Gasteiger charge is -2.42. The first kappa shape index (κ1) is 54.5. The molecule has 17 heteroatoms. The van der Waals surface area contributed by atoms with Crippen LogP contribution < -0.4 is 20.7 Å². The summed E-state index contributed by atoms with van der Waals surface area (Å²) in [7, 11) is 1.92. The summed E-state index contributed by atoms with van der Waals surface area (Å²) >= 11 is 0. The molecule has 0 spiro atoms. The summed E-state index contributed by atoms with van der Waals surface area (Å²) in [5.41, 5.74) is 0.610. The molecule has 366 valence electrons. The van der Waals surface area contributed by atoms with Crippen molar-refractivity contribution in [1.29, 1.82) is 5.26 Å². The SMILES string of the molecule is COc1ccc(C(OC[C@H]2O[C@@H](n3cc(CSSC(C)(C)C)c(=O)[nH]c3=O)[C@H](O[Si](C)(C)C(C)(C)C)[C@@H]2OP(OCCC#N)N(C(C)C)C(C)C)(c2ccccc2)c2ccc(OC)cc2)cc1. The third-order valence-corrected chi connectivity index (χ3v) is 21.7. The quantitative estimate of drug-likeness (QED) is 0.0262. The highest BCUT2D eigenvalue weighted by Gasteiger charge is 2.54. The molecule has 2 heterocycles. The van der Waals surface area contributed by atoms with Crippen LogP contribution in [0.25, 0.3) is 0 Å². The normalized spacial score (nSPS) is 18.7.